The number of rotatable bonds is 4. The number of ether oxygens (including phenoxy) is 2. The molecule has 1 amide bonds. The molecule has 0 saturated carbocycles. The molecule has 7 nitrogen and oxygen atoms in total. The third-order valence-corrected chi connectivity index (χ3v) is 3.55. The number of likely N-dealkylation sites (tertiary alicyclic amines) is 1. The second-order valence-corrected chi connectivity index (χ2v) is 4.96. The number of amides is 1. The molecule has 0 N–H and O–H groups in total. The summed E-state index contributed by atoms with van der Waals surface area (Å²) < 4.78 is 15.4. The van der Waals surface area contributed by atoms with Gasteiger partial charge < -0.3 is 18.8 Å². The number of oxazole rings is 1. The van der Waals surface area contributed by atoms with Gasteiger partial charge in [0.2, 0.25) is 5.89 Å². The Hall–Kier alpha value is -2.15. The number of carbonyl (C=O) groups is 2. The van der Waals surface area contributed by atoms with Crippen LogP contribution in [0.15, 0.2) is 16.8 Å². The highest BCUT2D eigenvalue weighted by atomic mass is 16.5. The number of esters is 1. The highest BCUT2D eigenvalue weighted by Crippen LogP contribution is 2.28. The normalized spacial score (nSPS) is 24.0. The van der Waals surface area contributed by atoms with Crippen LogP contribution >= 0.6 is 0 Å². The van der Waals surface area contributed by atoms with Crippen molar-refractivity contribution in [2.75, 3.05) is 19.8 Å². The Morgan fingerprint density at radius 1 is 1.57 bits per heavy atom. The molecular weight excluding hydrogens is 276 g/mol. The minimum absolute atomic E-state index is 0.137. The zero-order valence-corrected chi connectivity index (χ0v) is 11.7. The molecule has 2 unspecified atom stereocenters. The SMILES string of the molecule is CCOC(=O)/C=C/c1nc(C(=O)N2CC3CC2CO3)co1. The van der Waals surface area contributed by atoms with E-state index >= 15 is 0 Å². The van der Waals surface area contributed by atoms with Gasteiger partial charge in [-0.2, -0.15) is 0 Å². The Kier molecular flexibility index (Phi) is 3.74. The summed E-state index contributed by atoms with van der Waals surface area (Å²) in [6, 6.07) is 0.137. The molecule has 2 fully saturated rings. The van der Waals surface area contributed by atoms with Gasteiger partial charge in [-0.15, -0.1) is 0 Å². The molecule has 3 heterocycles. The first-order valence-corrected chi connectivity index (χ1v) is 6.90. The molecule has 2 aliphatic heterocycles. The van der Waals surface area contributed by atoms with Gasteiger partial charge in [0.15, 0.2) is 5.69 Å². The molecular formula is C14H16N2O5. The molecule has 2 bridgehead atoms. The zero-order valence-electron chi connectivity index (χ0n) is 11.7. The average Bonchev–Trinajstić information content (AvgIpc) is 3.20. The van der Waals surface area contributed by atoms with Crippen LogP contribution in [0.5, 0.6) is 0 Å². The fourth-order valence-corrected chi connectivity index (χ4v) is 2.59. The lowest BCUT2D eigenvalue weighted by Crippen LogP contribution is -2.41. The highest BCUT2D eigenvalue weighted by Gasteiger charge is 2.42. The monoisotopic (exact) mass is 292 g/mol. The average molecular weight is 292 g/mol. The summed E-state index contributed by atoms with van der Waals surface area (Å²) in [7, 11) is 0. The molecule has 0 radical (unpaired) electrons. The van der Waals surface area contributed by atoms with Gasteiger partial charge in [-0.25, -0.2) is 9.78 Å². The van der Waals surface area contributed by atoms with Gasteiger partial charge in [-0.3, -0.25) is 4.79 Å². The summed E-state index contributed by atoms with van der Waals surface area (Å²) in [5.41, 5.74) is 0.242. The van der Waals surface area contributed by atoms with Crippen molar-refractivity contribution in [1.82, 2.24) is 9.88 Å². The molecule has 0 aliphatic carbocycles. The Balaban J connectivity index is 1.65. The number of carbonyl (C=O) groups excluding carboxylic acids is 2. The number of morpholine rings is 1. The van der Waals surface area contributed by atoms with Crippen LogP contribution in [0.4, 0.5) is 0 Å². The van der Waals surface area contributed by atoms with Gasteiger partial charge in [0.1, 0.15) is 6.26 Å². The summed E-state index contributed by atoms with van der Waals surface area (Å²) in [5.74, 6) is -0.435. The van der Waals surface area contributed by atoms with Crippen molar-refractivity contribution in [3.8, 4) is 0 Å². The summed E-state index contributed by atoms with van der Waals surface area (Å²) in [6.07, 6.45) is 4.94. The van der Waals surface area contributed by atoms with E-state index in [9.17, 15) is 9.59 Å². The van der Waals surface area contributed by atoms with Crippen molar-refractivity contribution in [1.29, 1.82) is 0 Å². The van der Waals surface area contributed by atoms with Gasteiger partial charge in [0, 0.05) is 18.7 Å². The minimum atomic E-state index is -0.474. The Morgan fingerprint density at radius 2 is 2.43 bits per heavy atom. The molecule has 2 atom stereocenters. The lowest BCUT2D eigenvalue weighted by Gasteiger charge is -2.25. The van der Waals surface area contributed by atoms with Crippen molar-refractivity contribution in [2.45, 2.75) is 25.5 Å². The zero-order chi connectivity index (χ0) is 14.8. The molecule has 0 aromatic carbocycles. The second-order valence-electron chi connectivity index (χ2n) is 4.96. The summed E-state index contributed by atoms with van der Waals surface area (Å²) in [6.45, 7) is 3.22. The molecule has 1 aromatic heterocycles. The Labute approximate surface area is 121 Å². The minimum Gasteiger partial charge on any atom is -0.463 e. The van der Waals surface area contributed by atoms with E-state index in [1.54, 1.807) is 11.8 Å². The van der Waals surface area contributed by atoms with Crippen LogP contribution in [0.25, 0.3) is 6.08 Å². The second kappa shape index (κ2) is 5.69. The number of fused-ring (bicyclic) bond motifs is 2. The predicted molar refractivity (Wildman–Crippen MR) is 71.4 cm³/mol. The van der Waals surface area contributed by atoms with Gasteiger partial charge in [0.25, 0.3) is 5.91 Å². The van der Waals surface area contributed by atoms with Gasteiger partial charge in [0.05, 0.1) is 25.4 Å². The van der Waals surface area contributed by atoms with E-state index in [4.69, 9.17) is 13.9 Å². The number of hydrogen-bond acceptors (Lipinski definition) is 6. The number of aromatic nitrogens is 1. The van der Waals surface area contributed by atoms with Crippen LogP contribution in [0.2, 0.25) is 0 Å². The van der Waals surface area contributed by atoms with E-state index in [2.05, 4.69) is 4.98 Å². The van der Waals surface area contributed by atoms with Crippen molar-refractivity contribution in [2.24, 2.45) is 0 Å². The first-order valence-electron chi connectivity index (χ1n) is 6.90. The van der Waals surface area contributed by atoms with Crippen molar-refractivity contribution < 1.29 is 23.5 Å². The first-order chi connectivity index (χ1) is 10.2. The van der Waals surface area contributed by atoms with Crippen LogP contribution in [0, 0.1) is 0 Å². The quantitative estimate of drug-likeness (QED) is 0.605. The fourth-order valence-electron chi connectivity index (χ4n) is 2.59. The lowest BCUT2D eigenvalue weighted by atomic mass is 10.2. The summed E-state index contributed by atoms with van der Waals surface area (Å²) >= 11 is 0. The molecule has 0 spiro atoms. The molecule has 112 valence electrons. The van der Waals surface area contributed by atoms with Crippen molar-refractivity contribution >= 4 is 18.0 Å². The van der Waals surface area contributed by atoms with E-state index in [0.717, 1.165) is 6.42 Å². The Bertz CT molecular complexity index is 580. The van der Waals surface area contributed by atoms with E-state index < -0.39 is 5.97 Å². The molecule has 2 aliphatic rings. The van der Waals surface area contributed by atoms with E-state index in [1.165, 1.54) is 18.4 Å². The van der Waals surface area contributed by atoms with Gasteiger partial charge in [-0.1, -0.05) is 0 Å². The molecule has 2 saturated heterocycles. The van der Waals surface area contributed by atoms with Crippen LogP contribution in [0.3, 0.4) is 0 Å². The van der Waals surface area contributed by atoms with Crippen LogP contribution in [0.1, 0.15) is 29.7 Å². The van der Waals surface area contributed by atoms with Gasteiger partial charge >= 0.3 is 5.97 Å². The van der Waals surface area contributed by atoms with Crippen LogP contribution in [-0.2, 0) is 14.3 Å². The highest BCUT2D eigenvalue weighted by molar-refractivity contribution is 5.93. The van der Waals surface area contributed by atoms with Crippen molar-refractivity contribution in [3.63, 3.8) is 0 Å². The summed E-state index contributed by atoms with van der Waals surface area (Å²) in [4.78, 5) is 29.4. The largest absolute Gasteiger partial charge is 0.463 e. The number of hydrogen-bond donors (Lipinski definition) is 0. The smallest absolute Gasteiger partial charge is 0.330 e. The maximum atomic E-state index is 12.3. The van der Waals surface area contributed by atoms with E-state index in [0.29, 0.717) is 19.8 Å². The Morgan fingerprint density at radius 3 is 3.10 bits per heavy atom. The van der Waals surface area contributed by atoms with Crippen LogP contribution < -0.4 is 0 Å². The van der Waals surface area contributed by atoms with Gasteiger partial charge in [-0.05, 0) is 13.3 Å². The van der Waals surface area contributed by atoms with E-state index in [-0.39, 0.29) is 29.6 Å². The summed E-state index contributed by atoms with van der Waals surface area (Å²) in [5, 5.41) is 0. The molecule has 21 heavy (non-hydrogen) atoms. The number of nitrogens with zero attached hydrogens (tertiary/aromatic N) is 2. The molecule has 1 aromatic rings. The first kappa shape index (κ1) is 13.8. The fraction of sp³-hybridized carbons (Fsp3) is 0.500. The molecule has 3 rings (SSSR count). The topological polar surface area (TPSA) is 81.9 Å². The third kappa shape index (κ3) is 2.82. The maximum Gasteiger partial charge on any atom is 0.330 e. The maximum absolute atomic E-state index is 12.3. The predicted octanol–water partition coefficient (Wildman–Crippen LogP) is 0.864. The molecule has 7 heteroatoms. The third-order valence-electron chi connectivity index (χ3n) is 3.55. The standard InChI is InChI=1S/C14H16N2O5/c1-2-19-13(17)4-3-12-15-11(8-21-12)14(18)16-6-10-5-9(16)7-20-10/h3-4,8-10H,2,5-7H2,1H3/b4-3+. The van der Waals surface area contributed by atoms with Crippen LogP contribution in [-0.4, -0.2) is 53.7 Å². The van der Waals surface area contributed by atoms with Crippen molar-refractivity contribution in [3.05, 3.63) is 23.9 Å². The lowest BCUT2D eigenvalue weighted by molar-refractivity contribution is -0.137. The van der Waals surface area contributed by atoms with E-state index in [1.807, 2.05) is 0 Å².